The number of carbonyl (C=O) groups excluding carboxylic acids is 1. The minimum absolute atomic E-state index is 0.258. The summed E-state index contributed by atoms with van der Waals surface area (Å²) >= 11 is 0. The standard InChI is InChI=1S/C16H23NO/c1-12-9-10-13-7-5-6-8-14(13)17(12)11-15(18)16(2,3)4/h5-8,12H,9-11H2,1-4H3. The van der Waals surface area contributed by atoms with Gasteiger partial charge in [0.25, 0.3) is 0 Å². The molecule has 0 saturated carbocycles. The molecule has 0 N–H and O–H groups in total. The van der Waals surface area contributed by atoms with Gasteiger partial charge < -0.3 is 4.90 Å². The summed E-state index contributed by atoms with van der Waals surface area (Å²) < 4.78 is 0. The Morgan fingerprint density at radius 2 is 2.00 bits per heavy atom. The molecule has 2 heteroatoms. The number of aryl methyl sites for hydroxylation is 1. The van der Waals surface area contributed by atoms with Crippen molar-refractivity contribution in [2.75, 3.05) is 11.4 Å². The molecule has 2 nitrogen and oxygen atoms in total. The largest absolute Gasteiger partial charge is 0.361 e. The maximum absolute atomic E-state index is 12.2. The Bertz CT molecular complexity index is 445. The molecule has 0 fully saturated rings. The summed E-state index contributed by atoms with van der Waals surface area (Å²) in [5.74, 6) is 0.311. The van der Waals surface area contributed by atoms with Gasteiger partial charge in [-0.3, -0.25) is 4.79 Å². The Morgan fingerprint density at radius 3 is 2.67 bits per heavy atom. The van der Waals surface area contributed by atoms with Crippen molar-refractivity contribution in [2.24, 2.45) is 5.41 Å². The Kier molecular flexibility index (Phi) is 3.47. The molecule has 0 saturated heterocycles. The lowest BCUT2D eigenvalue weighted by Crippen LogP contribution is -2.43. The second-order valence-electron chi connectivity index (χ2n) is 6.32. The number of ketones is 1. The van der Waals surface area contributed by atoms with Crippen molar-refractivity contribution < 1.29 is 4.79 Å². The lowest BCUT2D eigenvalue weighted by molar-refractivity contribution is -0.125. The van der Waals surface area contributed by atoms with Crippen molar-refractivity contribution in [3.05, 3.63) is 29.8 Å². The van der Waals surface area contributed by atoms with Crippen molar-refractivity contribution in [1.82, 2.24) is 0 Å². The number of para-hydroxylation sites is 1. The molecule has 0 radical (unpaired) electrons. The van der Waals surface area contributed by atoms with Crippen LogP contribution >= 0.6 is 0 Å². The molecule has 0 aromatic heterocycles. The topological polar surface area (TPSA) is 20.3 Å². The molecule has 0 aliphatic carbocycles. The first-order chi connectivity index (χ1) is 8.39. The highest BCUT2D eigenvalue weighted by molar-refractivity contribution is 5.88. The van der Waals surface area contributed by atoms with E-state index in [1.54, 1.807) is 0 Å². The molecule has 0 spiro atoms. The zero-order valence-electron chi connectivity index (χ0n) is 11.9. The first kappa shape index (κ1) is 13.1. The van der Waals surface area contributed by atoms with Crippen LogP contribution in [0.2, 0.25) is 0 Å². The van der Waals surface area contributed by atoms with E-state index in [9.17, 15) is 4.79 Å². The van der Waals surface area contributed by atoms with Crippen molar-refractivity contribution in [1.29, 1.82) is 0 Å². The van der Waals surface area contributed by atoms with Gasteiger partial charge in [0.1, 0.15) is 0 Å². The van der Waals surface area contributed by atoms with E-state index < -0.39 is 0 Å². The van der Waals surface area contributed by atoms with Crippen LogP contribution < -0.4 is 4.90 Å². The summed E-state index contributed by atoms with van der Waals surface area (Å²) in [6.07, 6.45) is 2.26. The predicted molar refractivity (Wildman–Crippen MR) is 76.0 cm³/mol. The highest BCUT2D eigenvalue weighted by Crippen LogP contribution is 2.31. The first-order valence-electron chi connectivity index (χ1n) is 6.77. The van der Waals surface area contributed by atoms with E-state index in [1.165, 1.54) is 11.3 Å². The predicted octanol–water partition coefficient (Wildman–Crippen LogP) is 3.44. The van der Waals surface area contributed by atoms with Crippen LogP contribution in [-0.2, 0) is 11.2 Å². The van der Waals surface area contributed by atoms with Gasteiger partial charge in [0.2, 0.25) is 0 Å². The molecule has 1 unspecified atom stereocenters. The van der Waals surface area contributed by atoms with Crippen LogP contribution in [0.4, 0.5) is 5.69 Å². The number of carbonyl (C=O) groups is 1. The maximum atomic E-state index is 12.2. The Hall–Kier alpha value is -1.31. The third-order valence-electron chi connectivity index (χ3n) is 3.82. The van der Waals surface area contributed by atoms with Gasteiger partial charge in [-0.25, -0.2) is 0 Å². The number of Topliss-reactive ketones (excluding diaryl/α,β-unsaturated/α-hetero) is 1. The summed E-state index contributed by atoms with van der Waals surface area (Å²) in [4.78, 5) is 14.5. The molecule has 2 rings (SSSR count). The van der Waals surface area contributed by atoms with E-state index in [0.29, 0.717) is 18.4 Å². The summed E-state index contributed by atoms with van der Waals surface area (Å²) in [6, 6.07) is 8.91. The van der Waals surface area contributed by atoms with Crippen LogP contribution in [0.5, 0.6) is 0 Å². The smallest absolute Gasteiger partial charge is 0.157 e. The fourth-order valence-electron chi connectivity index (χ4n) is 2.39. The number of fused-ring (bicyclic) bond motifs is 1. The molecule has 1 heterocycles. The molecular formula is C16H23NO. The number of benzene rings is 1. The van der Waals surface area contributed by atoms with Crippen molar-refractivity contribution in [3.8, 4) is 0 Å². The molecule has 0 bridgehead atoms. The van der Waals surface area contributed by atoms with Gasteiger partial charge in [-0.2, -0.15) is 0 Å². The first-order valence-corrected chi connectivity index (χ1v) is 6.77. The molecule has 1 aliphatic heterocycles. The number of anilines is 1. The van der Waals surface area contributed by atoms with E-state index in [2.05, 4.69) is 36.1 Å². The van der Waals surface area contributed by atoms with Crippen LogP contribution in [0, 0.1) is 5.41 Å². The average molecular weight is 245 g/mol. The van der Waals surface area contributed by atoms with Gasteiger partial charge >= 0.3 is 0 Å². The molecule has 18 heavy (non-hydrogen) atoms. The van der Waals surface area contributed by atoms with Crippen molar-refractivity contribution in [2.45, 2.75) is 46.6 Å². The molecule has 1 atom stereocenters. The minimum atomic E-state index is -0.258. The van der Waals surface area contributed by atoms with Crippen LogP contribution in [0.1, 0.15) is 39.7 Å². The molecular weight excluding hydrogens is 222 g/mol. The van der Waals surface area contributed by atoms with E-state index in [0.717, 1.165) is 12.8 Å². The fraction of sp³-hybridized carbons (Fsp3) is 0.562. The van der Waals surface area contributed by atoms with Gasteiger partial charge in [0.15, 0.2) is 5.78 Å². The second-order valence-corrected chi connectivity index (χ2v) is 6.32. The second kappa shape index (κ2) is 4.75. The van der Waals surface area contributed by atoms with Crippen LogP contribution in [-0.4, -0.2) is 18.4 Å². The lowest BCUT2D eigenvalue weighted by Gasteiger charge is -2.38. The van der Waals surface area contributed by atoms with E-state index >= 15 is 0 Å². The van der Waals surface area contributed by atoms with Crippen molar-refractivity contribution >= 4 is 11.5 Å². The van der Waals surface area contributed by atoms with E-state index in [4.69, 9.17) is 0 Å². The highest BCUT2D eigenvalue weighted by Gasteiger charge is 2.28. The SMILES string of the molecule is CC1CCc2ccccc2N1CC(=O)C(C)(C)C. The Balaban J connectivity index is 2.25. The quantitative estimate of drug-likeness (QED) is 0.795. The fourth-order valence-corrected chi connectivity index (χ4v) is 2.39. The molecule has 1 aromatic rings. The van der Waals surface area contributed by atoms with Gasteiger partial charge in [-0.05, 0) is 31.4 Å². The summed E-state index contributed by atoms with van der Waals surface area (Å²) in [5, 5.41) is 0. The molecule has 1 aromatic carbocycles. The van der Waals surface area contributed by atoms with Crippen LogP contribution in [0.3, 0.4) is 0 Å². The average Bonchev–Trinajstić information content (AvgIpc) is 2.31. The van der Waals surface area contributed by atoms with Gasteiger partial charge in [0.05, 0.1) is 6.54 Å². The lowest BCUT2D eigenvalue weighted by atomic mass is 9.89. The Labute approximate surface area is 110 Å². The van der Waals surface area contributed by atoms with Gasteiger partial charge in [-0.15, -0.1) is 0 Å². The van der Waals surface area contributed by atoms with E-state index in [-0.39, 0.29) is 5.41 Å². The normalized spacial score (nSPS) is 19.6. The zero-order valence-corrected chi connectivity index (χ0v) is 11.9. The number of hydrogen-bond acceptors (Lipinski definition) is 2. The highest BCUT2D eigenvalue weighted by atomic mass is 16.1. The minimum Gasteiger partial charge on any atom is -0.361 e. The van der Waals surface area contributed by atoms with Gasteiger partial charge in [-0.1, -0.05) is 39.0 Å². The number of hydrogen-bond donors (Lipinski definition) is 0. The van der Waals surface area contributed by atoms with Crippen LogP contribution in [0.15, 0.2) is 24.3 Å². The van der Waals surface area contributed by atoms with E-state index in [1.807, 2.05) is 20.8 Å². The monoisotopic (exact) mass is 245 g/mol. The third kappa shape index (κ3) is 2.58. The van der Waals surface area contributed by atoms with Crippen molar-refractivity contribution in [3.63, 3.8) is 0 Å². The Morgan fingerprint density at radius 1 is 1.33 bits per heavy atom. The molecule has 1 aliphatic rings. The molecule has 0 amide bonds. The third-order valence-corrected chi connectivity index (χ3v) is 3.82. The van der Waals surface area contributed by atoms with Gasteiger partial charge in [0, 0.05) is 17.1 Å². The molecule has 98 valence electrons. The summed E-state index contributed by atoms with van der Waals surface area (Å²) in [7, 11) is 0. The number of nitrogens with zero attached hydrogens (tertiary/aromatic N) is 1. The zero-order chi connectivity index (χ0) is 13.3. The van der Waals surface area contributed by atoms with Crippen LogP contribution in [0.25, 0.3) is 0 Å². The maximum Gasteiger partial charge on any atom is 0.157 e. The summed E-state index contributed by atoms with van der Waals surface area (Å²) in [5.41, 5.74) is 2.36. The number of rotatable bonds is 2. The summed E-state index contributed by atoms with van der Waals surface area (Å²) in [6.45, 7) is 8.73.